The van der Waals surface area contributed by atoms with Crippen LogP contribution in [0.25, 0.3) is 0 Å². The van der Waals surface area contributed by atoms with Crippen LogP contribution in [0.4, 0.5) is 0 Å². The first-order chi connectivity index (χ1) is 8.00. The summed E-state index contributed by atoms with van der Waals surface area (Å²) < 4.78 is 1.03. The molecule has 1 aromatic carbocycles. The van der Waals surface area contributed by atoms with E-state index in [9.17, 15) is 4.79 Å². The molecule has 0 radical (unpaired) electrons. The normalized spacial score (nSPS) is 12.2. The Morgan fingerprint density at radius 1 is 1.47 bits per heavy atom. The van der Waals surface area contributed by atoms with Crippen molar-refractivity contribution in [2.24, 2.45) is 5.73 Å². The fourth-order valence-electron chi connectivity index (χ4n) is 1.51. The highest BCUT2D eigenvalue weighted by molar-refractivity contribution is 9.10. The molecule has 0 aromatic heterocycles. The van der Waals surface area contributed by atoms with Crippen LogP contribution in [0.1, 0.15) is 25.3 Å². The van der Waals surface area contributed by atoms with E-state index in [4.69, 9.17) is 5.73 Å². The van der Waals surface area contributed by atoms with Crippen molar-refractivity contribution in [1.29, 1.82) is 0 Å². The molecular formula is C13H19BrN2O. The molecule has 1 rings (SSSR count). The van der Waals surface area contributed by atoms with Gasteiger partial charge >= 0.3 is 0 Å². The van der Waals surface area contributed by atoms with Crippen molar-refractivity contribution in [3.05, 3.63) is 34.3 Å². The van der Waals surface area contributed by atoms with Crippen LogP contribution in [-0.4, -0.2) is 23.9 Å². The van der Waals surface area contributed by atoms with E-state index in [1.807, 2.05) is 38.2 Å². The average molecular weight is 299 g/mol. The van der Waals surface area contributed by atoms with Crippen LogP contribution < -0.4 is 5.73 Å². The Morgan fingerprint density at radius 2 is 2.12 bits per heavy atom. The van der Waals surface area contributed by atoms with Gasteiger partial charge in [-0.1, -0.05) is 34.1 Å². The molecule has 1 unspecified atom stereocenters. The molecule has 2 N–H and O–H groups in total. The summed E-state index contributed by atoms with van der Waals surface area (Å²) in [7, 11) is 1.82. The minimum Gasteiger partial charge on any atom is -0.341 e. The van der Waals surface area contributed by atoms with E-state index < -0.39 is 0 Å². The second kappa shape index (κ2) is 6.77. The van der Waals surface area contributed by atoms with Gasteiger partial charge in [0.2, 0.25) is 5.91 Å². The van der Waals surface area contributed by atoms with E-state index in [2.05, 4.69) is 15.9 Å². The number of nitrogens with two attached hydrogens (primary N) is 1. The molecule has 3 nitrogen and oxygen atoms in total. The number of amides is 1. The van der Waals surface area contributed by atoms with Crippen LogP contribution in [0.3, 0.4) is 0 Å². The molecule has 0 saturated carbocycles. The van der Waals surface area contributed by atoms with Gasteiger partial charge in [-0.05, 0) is 25.0 Å². The first-order valence-corrected chi connectivity index (χ1v) is 6.53. The molecule has 0 aliphatic rings. The summed E-state index contributed by atoms with van der Waals surface area (Å²) in [5.41, 5.74) is 6.75. The number of carbonyl (C=O) groups excluding carboxylic acids is 1. The molecule has 0 bridgehead atoms. The highest BCUT2D eigenvalue weighted by Gasteiger charge is 2.11. The van der Waals surface area contributed by atoms with Gasteiger partial charge in [0.1, 0.15) is 0 Å². The van der Waals surface area contributed by atoms with Crippen LogP contribution in [0.5, 0.6) is 0 Å². The van der Waals surface area contributed by atoms with Crippen LogP contribution in [0.2, 0.25) is 0 Å². The zero-order chi connectivity index (χ0) is 12.8. The van der Waals surface area contributed by atoms with E-state index >= 15 is 0 Å². The van der Waals surface area contributed by atoms with Gasteiger partial charge in [0.25, 0.3) is 0 Å². The molecule has 0 aliphatic heterocycles. The van der Waals surface area contributed by atoms with Gasteiger partial charge in [-0.15, -0.1) is 0 Å². The van der Waals surface area contributed by atoms with Crippen LogP contribution in [0, 0.1) is 0 Å². The molecule has 0 heterocycles. The van der Waals surface area contributed by atoms with Crippen LogP contribution in [-0.2, 0) is 11.3 Å². The average Bonchev–Trinajstić information content (AvgIpc) is 2.28. The number of benzene rings is 1. The Balaban J connectivity index is 2.51. The van der Waals surface area contributed by atoms with Crippen molar-refractivity contribution in [3.8, 4) is 0 Å². The molecule has 4 heteroatoms. The van der Waals surface area contributed by atoms with Crippen molar-refractivity contribution in [1.82, 2.24) is 4.90 Å². The lowest BCUT2D eigenvalue weighted by atomic mass is 10.1. The summed E-state index contributed by atoms with van der Waals surface area (Å²) in [6, 6.07) is 8.01. The van der Waals surface area contributed by atoms with Crippen molar-refractivity contribution in [3.63, 3.8) is 0 Å². The number of halogens is 1. The molecule has 1 atom stereocenters. The Kier molecular flexibility index (Phi) is 5.65. The van der Waals surface area contributed by atoms with Gasteiger partial charge in [0.05, 0.1) is 0 Å². The van der Waals surface area contributed by atoms with E-state index in [0.717, 1.165) is 16.5 Å². The van der Waals surface area contributed by atoms with Gasteiger partial charge in [-0.25, -0.2) is 0 Å². The largest absolute Gasteiger partial charge is 0.341 e. The van der Waals surface area contributed by atoms with E-state index in [-0.39, 0.29) is 11.9 Å². The summed E-state index contributed by atoms with van der Waals surface area (Å²) in [6.07, 6.45) is 1.25. The molecule has 17 heavy (non-hydrogen) atoms. The third kappa shape index (κ3) is 4.88. The van der Waals surface area contributed by atoms with Gasteiger partial charge in [-0.2, -0.15) is 0 Å². The minimum atomic E-state index is 0.0795. The lowest BCUT2D eigenvalue weighted by Crippen LogP contribution is -2.28. The van der Waals surface area contributed by atoms with Crippen LogP contribution >= 0.6 is 15.9 Å². The minimum absolute atomic E-state index is 0.0795. The quantitative estimate of drug-likeness (QED) is 0.908. The maximum Gasteiger partial charge on any atom is 0.222 e. The number of hydrogen-bond acceptors (Lipinski definition) is 2. The third-order valence-electron chi connectivity index (χ3n) is 2.60. The zero-order valence-corrected chi connectivity index (χ0v) is 11.9. The number of nitrogens with zero attached hydrogens (tertiary/aromatic N) is 1. The topological polar surface area (TPSA) is 46.3 Å². The SMILES string of the molecule is CC(N)CCC(=O)N(C)Cc1ccccc1Br. The summed E-state index contributed by atoms with van der Waals surface area (Å²) in [4.78, 5) is 13.6. The molecule has 0 aliphatic carbocycles. The van der Waals surface area contributed by atoms with E-state index in [1.165, 1.54) is 0 Å². The highest BCUT2D eigenvalue weighted by atomic mass is 79.9. The maximum atomic E-state index is 11.8. The number of hydrogen-bond donors (Lipinski definition) is 1. The Hall–Kier alpha value is -0.870. The summed E-state index contributed by atoms with van der Waals surface area (Å²) in [6.45, 7) is 2.54. The van der Waals surface area contributed by atoms with Gasteiger partial charge in [0.15, 0.2) is 0 Å². The fraction of sp³-hybridized carbons (Fsp3) is 0.462. The monoisotopic (exact) mass is 298 g/mol. The molecule has 0 fully saturated rings. The first-order valence-electron chi connectivity index (χ1n) is 5.73. The first kappa shape index (κ1) is 14.2. The number of carbonyl (C=O) groups is 1. The summed E-state index contributed by atoms with van der Waals surface area (Å²) in [5.74, 6) is 0.137. The Labute approximate surface area is 111 Å². The molecule has 0 spiro atoms. The Bertz CT molecular complexity index is 379. The number of rotatable bonds is 5. The second-order valence-electron chi connectivity index (χ2n) is 4.36. The standard InChI is InChI=1S/C13H19BrN2O/c1-10(15)7-8-13(17)16(2)9-11-5-3-4-6-12(11)14/h3-6,10H,7-9,15H2,1-2H3. The van der Waals surface area contributed by atoms with E-state index in [1.54, 1.807) is 4.90 Å². The molecule has 0 saturated heterocycles. The zero-order valence-electron chi connectivity index (χ0n) is 10.3. The fourth-order valence-corrected chi connectivity index (χ4v) is 1.92. The second-order valence-corrected chi connectivity index (χ2v) is 5.21. The molecule has 1 amide bonds. The lowest BCUT2D eigenvalue weighted by molar-refractivity contribution is -0.130. The Morgan fingerprint density at radius 3 is 2.71 bits per heavy atom. The summed E-state index contributed by atoms with van der Waals surface area (Å²) >= 11 is 3.48. The predicted octanol–water partition coefficient (Wildman–Crippen LogP) is 2.53. The van der Waals surface area contributed by atoms with Gasteiger partial charge in [-0.3, -0.25) is 4.79 Å². The van der Waals surface area contributed by atoms with E-state index in [0.29, 0.717) is 13.0 Å². The highest BCUT2D eigenvalue weighted by Crippen LogP contribution is 2.17. The maximum absolute atomic E-state index is 11.8. The lowest BCUT2D eigenvalue weighted by Gasteiger charge is -2.18. The smallest absolute Gasteiger partial charge is 0.222 e. The van der Waals surface area contributed by atoms with Gasteiger partial charge in [0, 0.05) is 30.5 Å². The third-order valence-corrected chi connectivity index (χ3v) is 3.38. The van der Waals surface area contributed by atoms with Crippen molar-refractivity contribution in [2.75, 3.05) is 7.05 Å². The van der Waals surface area contributed by atoms with Crippen molar-refractivity contribution < 1.29 is 4.79 Å². The van der Waals surface area contributed by atoms with Crippen molar-refractivity contribution in [2.45, 2.75) is 32.4 Å². The predicted molar refractivity (Wildman–Crippen MR) is 73.5 cm³/mol. The summed E-state index contributed by atoms with van der Waals surface area (Å²) in [5, 5.41) is 0. The van der Waals surface area contributed by atoms with Crippen molar-refractivity contribution >= 4 is 21.8 Å². The molecule has 1 aromatic rings. The van der Waals surface area contributed by atoms with Gasteiger partial charge < -0.3 is 10.6 Å². The van der Waals surface area contributed by atoms with Crippen LogP contribution in [0.15, 0.2) is 28.7 Å². The molecule has 94 valence electrons. The molecular weight excluding hydrogens is 280 g/mol.